The summed E-state index contributed by atoms with van der Waals surface area (Å²) in [6.45, 7) is 20.1. The molecule has 16 nitrogen and oxygen atoms in total. The maximum Gasteiger partial charge on any atom is 0.187 e. The smallest absolute Gasteiger partial charge is 0.187 e. The molecule has 3 heterocycles. The molecule has 64 heavy (non-hydrogen) atoms. The van der Waals surface area contributed by atoms with Crippen LogP contribution in [0.2, 0.25) is 0 Å². The summed E-state index contributed by atoms with van der Waals surface area (Å²) in [5.41, 5.74) is 1.09. The molecular weight excluding hydrogens is 833 g/mol. The van der Waals surface area contributed by atoms with Crippen LogP contribution in [0.25, 0.3) is 0 Å². The normalized spacial score (nSPS) is 45.4. The van der Waals surface area contributed by atoms with E-state index in [1.54, 1.807) is 26.8 Å². The number of aliphatic hydroxyl groups excluding tert-OH is 8. The Morgan fingerprint density at radius 1 is 0.656 bits per heavy atom. The number of carbonyl (C=O) groups excluding carboxylic acids is 1. The molecule has 3 saturated heterocycles. The number of carbonyl (C=O) groups is 1. The van der Waals surface area contributed by atoms with Crippen molar-refractivity contribution in [2.24, 2.45) is 23.2 Å². The lowest BCUT2D eigenvalue weighted by molar-refractivity contribution is -0.354. The van der Waals surface area contributed by atoms with Crippen molar-refractivity contribution in [3.8, 4) is 0 Å². The summed E-state index contributed by atoms with van der Waals surface area (Å²) in [5.74, 6) is -1.43. The molecule has 5 aliphatic rings. The summed E-state index contributed by atoms with van der Waals surface area (Å²) in [5, 5.41) is 98.4. The van der Waals surface area contributed by atoms with E-state index < -0.39 is 121 Å². The standard InChI is InChI=1S/C48H78O16/c1-22(2)14-16-32(62-44-39(54)36(51)34(49)27(8)59-44)24(5)18-20-48(58)26(7)30-13-12-19-47(30,11)43(57)31(48)21-25(6)33(17-15-23(3)4)63-45-41(56)38(53)42(29(10)61-45)64-46-40(55)37(52)35(50)28(9)60-46/h14-15,18,21,26-42,44-46,49-56,58H,12-13,16-17,19-20H2,1-11H3. The molecule has 0 aromatic heterocycles. The lowest BCUT2D eigenvalue weighted by Gasteiger charge is -2.52. The first kappa shape index (κ1) is 53.0. The van der Waals surface area contributed by atoms with Crippen molar-refractivity contribution in [2.75, 3.05) is 0 Å². The fourth-order valence-electron chi connectivity index (χ4n) is 10.3. The molecule has 0 aromatic rings. The van der Waals surface area contributed by atoms with E-state index in [9.17, 15) is 50.8 Å². The van der Waals surface area contributed by atoms with Crippen LogP contribution in [0.5, 0.6) is 0 Å². The first-order valence-corrected chi connectivity index (χ1v) is 23.1. The van der Waals surface area contributed by atoms with Crippen LogP contribution in [0, 0.1) is 23.2 Å². The summed E-state index contributed by atoms with van der Waals surface area (Å²) < 4.78 is 36.1. The summed E-state index contributed by atoms with van der Waals surface area (Å²) >= 11 is 0. The minimum absolute atomic E-state index is 0.0696. The van der Waals surface area contributed by atoms with Crippen LogP contribution in [0.4, 0.5) is 0 Å². The fraction of sp³-hybridized carbons (Fsp3) is 0.812. The highest BCUT2D eigenvalue weighted by atomic mass is 16.7. The molecule has 2 aliphatic carbocycles. The lowest BCUT2D eigenvalue weighted by atomic mass is 9.53. The average Bonchev–Trinajstić information content (AvgIpc) is 3.65. The number of allylic oxidation sites excluding steroid dienone is 2. The third kappa shape index (κ3) is 11.1. The monoisotopic (exact) mass is 911 g/mol. The number of hydrogen-bond acceptors (Lipinski definition) is 16. The molecule has 16 heteroatoms. The highest BCUT2D eigenvalue weighted by molar-refractivity contribution is 5.91. The molecule has 5 rings (SSSR count). The molecule has 366 valence electrons. The molecule has 0 bridgehead atoms. The Kier molecular flexibility index (Phi) is 17.8. The fourth-order valence-corrected chi connectivity index (χ4v) is 10.3. The van der Waals surface area contributed by atoms with Crippen molar-refractivity contribution in [3.63, 3.8) is 0 Å². The van der Waals surface area contributed by atoms with Crippen molar-refractivity contribution >= 4 is 5.78 Å². The van der Waals surface area contributed by atoms with Crippen molar-refractivity contribution in [2.45, 2.75) is 225 Å². The number of rotatable bonds is 15. The van der Waals surface area contributed by atoms with Gasteiger partial charge in [-0.3, -0.25) is 4.79 Å². The van der Waals surface area contributed by atoms with E-state index in [4.69, 9.17) is 28.4 Å². The number of aliphatic hydroxyl groups is 9. The predicted octanol–water partition coefficient (Wildman–Crippen LogP) is 2.63. The Balaban J connectivity index is 1.43. The maximum absolute atomic E-state index is 14.9. The quantitative estimate of drug-likeness (QED) is 0.107. The predicted molar refractivity (Wildman–Crippen MR) is 234 cm³/mol. The van der Waals surface area contributed by atoms with Crippen molar-refractivity contribution in [1.82, 2.24) is 0 Å². The van der Waals surface area contributed by atoms with Gasteiger partial charge in [0.25, 0.3) is 0 Å². The first-order chi connectivity index (χ1) is 29.8. The van der Waals surface area contributed by atoms with Gasteiger partial charge in [-0.1, -0.05) is 55.7 Å². The van der Waals surface area contributed by atoms with E-state index in [1.807, 2.05) is 66.7 Å². The second-order valence-electron chi connectivity index (χ2n) is 20.0. The summed E-state index contributed by atoms with van der Waals surface area (Å²) in [7, 11) is 0. The van der Waals surface area contributed by atoms with Crippen LogP contribution in [-0.2, 0) is 33.2 Å². The van der Waals surface area contributed by atoms with E-state index in [0.29, 0.717) is 30.4 Å². The molecule has 2 saturated carbocycles. The third-order valence-corrected chi connectivity index (χ3v) is 14.8. The van der Waals surface area contributed by atoms with Gasteiger partial charge in [-0.2, -0.15) is 0 Å². The molecule has 3 aliphatic heterocycles. The third-order valence-electron chi connectivity index (χ3n) is 14.8. The lowest BCUT2D eigenvalue weighted by Crippen LogP contribution is -2.63. The largest absolute Gasteiger partial charge is 0.388 e. The summed E-state index contributed by atoms with van der Waals surface area (Å²) in [4.78, 5) is 14.9. The zero-order valence-electron chi connectivity index (χ0n) is 39.5. The molecule has 0 radical (unpaired) electrons. The summed E-state index contributed by atoms with van der Waals surface area (Å²) in [6, 6.07) is 0. The highest BCUT2D eigenvalue weighted by Gasteiger charge is 2.62. The highest BCUT2D eigenvalue weighted by Crippen LogP contribution is 2.58. The summed E-state index contributed by atoms with van der Waals surface area (Å²) in [6.07, 6.45) is -10.7. The van der Waals surface area contributed by atoms with Gasteiger partial charge >= 0.3 is 0 Å². The van der Waals surface area contributed by atoms with Gasteiger partial charge in [-0.05, 0) is 117 Å². The Bertz CT molecular complexity index is 1710. The zero-order valence-corrected chi connectivity index (χ0v) is 39.5. The van der Waals surface area contributed by atoms with Crippen LogP contribution in [0.3, 0.4) is 0 Å². The number of ether oxygens (including phenoxy) is 6. The van der Waals surface area contributed by atoms with Gasteiger partial charge < -0.3 is 74.4 Å². The molecule has 0 amide bonds. The number of Topliss-reactive ketones (excluding diaryl/α,β-unsaturated/α-hetero) is 1. The van der Waals surface area contributed by atoms with E-state index in [1.165, 1.54) is 6.92 Å². The average molecular weight is 911 g/mol. The van der Waals surface area contributed by atoms with Crippen LogP contribution < -0.4 is 0 Å². The molecule has 0 aromatic carbocycles. The van der Waals surface area contributed by atoms with Crippen molar-refractivity contribution in [1.29, 1.82) is 0 Å². The van der Waals surface area contributed by atoms with Gasteiger partial charge in [0.1, 0.15) is 60.7 Å². The van der Waals surface area contributed by atoms with Gasteiger partial charge in [0.05, 0.1) is 42.0 Å². The Morgan fingerprint density at radius 3 is 1.66 bits per heavy atom. The van der Waals surface area contributed by atoms with E-state index in [-0.39, 0.29) is 24.0 Å². The molecule has 9 N–H and O–H groups in total. The first-order valence-electron chi connectivity index (χ1n) is 23.1. The van der Waals surface area contributed by atoms with Crippen LogP contribution in [0.1, 0.15) is 115 Å². The molecule has 22 atom stereocenters. The number of fused-ring (bicyclic) bond motifs is 1. The minimum atomic E-state index is -1.64. The zero-order chi connectivity index (χ0) is 47.7. The minimum Gasteiger partial charge on any atom is -0.388 e. The second kappa shape index (κ2) is 21.5. The number of hydrogen-bond donors (Lipinski definition) is 9. The van der Waals surface area contributed by atoms with Gasteiger partial charge in [0.2, 0.25) is 0 Å². The van der Waals surface area contributed by atoms with Crippen LogP contribution in [0.15, 0.2) is 46.6 Å². The Hall–Kier alpha value is -1.97. The molecule has 22 unspecified atom stereocenters. The van der Waals surface area contributed by atoms with Gasteiger partial charge in [-0.15, -0.1) is 0 Å². The molecular formula is C48H78O16. The van der Waals surface area contributed by atoms with E-state index in [0.717, 1.165) is 24.0 Å². The number of ketones is 1. The van der Waals surface area contributed by atoms with E-state index in [2.05, 4.69) is 0 Å². The molecule has 5 fully saturated rings. The maximum atomic E-state index is 14.9. The molecule has 0 spiro atoms. The Labute approximate surface area is 378 Å². The SMILES string of the molecule is CC(C)=CCC(OC1OC(C)C(O)C(O)C1O)C(C)=CCC1(O)C(C=C(C)C(CC=C(C)C)OC2OC(C)C(OC3OC(C)C(O)C(O)C3O)C(O)C2O)C(=O)C2(C)CCCC2C1C. The van der Waals surface area contributed by atoms with E-state index >= 15 is 0 Å². The van der Waals surface area contributed by atoms with Gasteiger partial charge in [0, 0.05) is 5.41 Å². The van der Waals surface area contributed by atoms with Gasteiger partial charge in [-0.25, -0.2) is 0 Å². The van der Waals surface area contributed by atoms with Crippen LogP contribution in [-0.4, -0.2) is 162 Å². The second-order valence-corrected chi connectivity index (χ2v) is 20.0. The van der Waals surface area contributed by atoms with Gasteiger partial charge in [0.15, 0.2) is 18.9 Å². The topological polar surface area (TPSA) is 255 Å². The van der Waals surface area contributed by atoms with Crippen molar-refractivity contribution < 1.29 is 79.2 Å². The van der Waals surface area contributed by atoms with Crippen molar-refractivity contribution in [3.05, 3.63) is 46.6 Å². The Morgan fingerprint density at radius 2 is 1.12 bits per heavy atom. The van der Waals surface area contributed by atoms with Crippen LogP contribution >= 0.6 is 0 Å².